The minimum atomic E-state index is -0.481. The van der Waals surface area contributed by atoms with Crippen LogP contribution in [0.25, 0.3) is 16.6 Å². The minimum Gasteiger partial charge on any atom is -0.320 e. The SMILES string of the molecule is CCCC(C)Cc1ccc2c(C)ccc(C(=O)Nc3cc(F)c4nc(C)cn4c3)c2n1. The number of hydrogen-bond acceptors (Lipinski definition) is 3. The number of imidazole rings is 1. The molecule has 0 saturated heterocycles. The standard InChI is InChI=1S/C25H27FN4O/c1-5-6-15(2)11-18-8-10-20-16(3)7-9-21(23(20)28-18)25(31)29-19-12-22(26)24-27-17(4)13-30(24)14-19/h7-10,12-15H,5-6,11H2,1-4H3,(H,29,31). The van der Waals surface area contributed by atoms with Crippen molar-refractivity contribution in [1.29, 1.82) is 0 Å². The molecule has 6 heteroatoms. The maximum atomic E-state index is 14.4. The predicted molar refractivity (Wildman–Crippen MR) is 122 cm³/mol. The molecule has 0 aliphatic rings. The Balaban J connectivity index is 1.69. The minimum absolute atomic E-state index is 0.240. The highest BCUT2D eigenvalue weighted by atomic mass is 19.1. The van der Waals surface area contributed by atoms with Gasteiger partial charge < -0.3 is 9.72 Å². The normalized spacial score (nSPS) is 12.4. The summed E-state index contributed by atoms with van der Waals surface area (Å²) >= 11 is 0. The molecule has 0 saturated carbocycles. The van der Waals surface area contributed by atoms with E-state index in [9.17, 15) is 9.18 Å². The van der Waals surface area contributed by atoms with Crippen LogP contribution in [0.1, 0.15) is 54.0 Å². The summed E-state index contributed by atoms with van der Waals surface area (Å²) in [5.41, 5.74) is 4.52. The third-order valence-electron chi connectivity index (χ3n) is 5.60. The molecule has 3 aromatic heterocycles. The number of carbonyl (C=O) groups is 1. The molecule has 1 N–H and O–H groups in total. The summed E-state index contributed by atoms with van der Waals surface area (Å²) in [5.74, 6) is -0.262. The Morgan fingerprint density at radius 3 is 2.74 bits per heavy atom. The molecule has 1 aromatic carbocycles. The van der Waals surface area contributed by atoms with Gasteiger partial charge in [-0.25, -0.2) is 9.37 Å². The van der Waals surface area contributed by atoms with Crippen LogP contribution in [0.15, 0.2) is 42.7 Å². The van der Waals surface area contributed by atoms with Gasteiger partial charge in [0.05, 0.1) is 22.5 Å². The number of anilines is 1. The van der Waals surface area contributed by atoms with E-state index in [0.717, 1.165) is 35.9 Å². The summed E-state index contributed by atoms with van der Waals surface area (Å²) in [4.78, 5) is 22.1. The fourth-order valence-electron chi connectivity index (χ4n) is 4.10. The van der Waals surface area contributed by atoms with Crippen LogP contribution in [-0.2, 0) is 6.42 Å². The second-order valence-corrected chi connectivity index (χ2v) is 8.37. The Kier molecular flexibility index (Phi) is 5.72. The number of nitrogens with one attached hydrogen (secondary N) is 1. The third kappa shape index (κ3) is 4.29. The van der Waals surface area contributed by atoms with Crippen molar-refractivity contribution in [3.8, 4) is 0 Å². The Bertz CT molecular complexity index is 1280. The molecule has 4 rings (SSSR count). The summed E-state index contributed by atoms with van der Waals surface area (Å²) in [6, 6.07) is 9.09. The van der Waals surface area contributed by atoms with Gasteiger partial charge in [0.2, 0.25) is 0 Å². The van der Waals surface area contributed by atoms with Crippen molar-refractivity contribution in [2.24, 2.45) is 5.92 Å². The molecule has 0 aliphatic heterocycles. The fraction of sp³-hybridized carbons (Fsp3) is 0.320. The van der Waals surface area contributed by atoms with E-state index in [1.54, 1.807) is 29.8 Å². The second-order valence-electron chi connectivity index (χ2n) is 8.37. The monoisotopic (exact) mass is 418 g/mol. The molecular weight excluding hydrogens is 391 g/mol. The Morgan fingerprint density at radius 1 is 1.16 bits per heavy atom. The zero-order chi connectivity index (χ0) is 22.1. The van der Waals surface area contributed by atoms with Gasteiger partial charge in [-0.3, -0.25) is 9.78 Å². The Labute approximate surface area is 181 Å². The van der Waals surface area contributed by atoms with Crippen molar-refractivity contribution in [1.82, 2.24) is 14.4 Å². The number of carbonyl (C=O) groups excluding carboxylic acids is 1. The Hall–Kier alpha value is -3.28. The van der Waals surface area contributed by atoms with Crippen LogP contribution >= 0.6 is 0 Å². The van der Waals surface area contributed by atoms with Gasteiger partial charge in [0.25, 0.3) is 5.91 Å². The zero-order valence-electron chi connectivity index (χ0n) is 18.4. The van der Waals surface area contributed by atoms with E-state index in [2.05, 4.69) is 24.1 Å². The average molecular weight is 419 g/mol. The molecule has 5 nitrogen and oxygen atoms in total. The van der Waals surface area contributed by atoms with Crippen LogP contribution in [-0.4, -0.2) is 20.3 Å². The molecule has 160 valence electrons. The van der Waals surface area contributed by atoms with Gasteiger partial charge in [0.15, 0.2) is 11.5 Å². The number of rotatable bonds is 6. The lowest BCUT2D eigenvalue weighted by Gasteiger charge is -2.13. The molecule has 1 atom stereocenters. The zero-order valence-corrected chi connectivity index (χ0v) is 18.4. The topological polar surface area (TPSA) is 59.3 Å². The van der Waals surface area contributed by atoms with Crippen molar-refractivity contribution in [3.05, 3.63) is 71.1 Å². The van der Waals surface area contributed by atoms with E-state index >= 15 is 0 Å². The molecule has 0 fully saturated rings. The van der Waals surface area contributed by atoms with E-state index < -0.39 is 5.82 Å². The summed E-state index contributed by atoms with van der Waals surface area (Å²) < 4.78 is 16.0. The molecule has 1 amide bonds. The molecular formula is C25H27FN4O. The molecule has 3 heterocycles. The Morgan fingerprint density at radius 2 is 1.97 bits per heavy atom. The lowest BCUT2D eigenvalue weighted by atomic mass is 9.98. The van der Waals surface area contributed by atoms with Gasteiger partial charge in [-0.1, -0.05) is 38.8 Å². The lowest BCUT2D eigenvalue weighted by Crippen LogP contribution is -2.14. The van der Waals surface area contributed by atoms with Crippen LogP contribution in [0.5, 0.6) is 0 Å². The van der Waals surface area contributed by atoms with Crippen molar-refractivity contribution in [3.63, 3.8) is 0 Å². The molecule has 1 unspecified atom stereocenters. The van der Waals surface area contributed by atoms with Gasteiger partial charge in [-0.2, -0.15) is 0 Å². The van der Waals surface area contributed by atoms with Gasteiger partial charge in [-0.05, 0) is 43.9 Å². The fourth-order valence-corrected chi connectivity index (χ4v) is 4.10. The number of fused-ring (bicyclic) bond motifs is 2. The summed E-state index contributed by atoms with van der Waals surface area (Å²) in [6.45, 7) is 8.21. The van der Waals surface area contributed by atoms with Gasteiger partial charge >= 0.3 is 0 Å². The number of hydrogen-bond donors (Lipinski definition) is 1. The highest BCUT2D eigenvalue weighted by Gasteiger charge is 2.16. The van der Waals surface area contributed by atoms with Crippen LogP contribution in [0.4, 0.5) is 10.1 Å². The smallest absolute Gasteiger partial charge is 0.257 e. The molecule has 0 aliphatic carbocycles. The highest BCUT2D eigenvalue weighted by molar-refractivity contribution is 6.12. The van der Waals surface area contributed by atoms with Crippen molar-refractivity contribution < 1.29 is 9.18 Å². The van der Waals surface area contributed by atoms with Crippen LogP contribution in [0.2, 0.25) is 0 Å². The highest BCUT2D eigenvalue weighted by Crippen LogP contribution is 2.24. The predicted octanol–water partition coefficient (Wildman–Crippen LogP) is 5.87. The largest absolute Gasteiger partial charge is 0.320 e. The number of aryl methyl sites for hydroxylation is 2. The number of amides is 1. The molecule has 31 heavy (non-hydrogen) atoms. The molecule has 0 radical (unpaired) electrons. The van der Waals surface area contributed by atoms with E-state index in [-0.39, 0.29) is 11.6 Å². The summed E-state index contributed by atoms with van der Waals surface area (Å²) in [6.07, 6.45) is 6.54. The first-order chi connectivity index (χ1) is 14.9. The average Bonchev–Trinajstić information content (AvgIpc) is 3.09. The number of halogens is 1. The van der Waals surface area contributed by atoms with Crippen molar-refractivity contribution in [2.45, 2.75) is 47.0 Å². The van der Waals surface area contributed by atoms with Crippen LogP contribution in [0, 0.1) is 25.6 Å². The van der Waals surface area contributed by atoms with E-state index in [4.69, 9.17) is 4.98 Å². The van der Waals surface area contributed by atoms with Crippen molar-refractivity contribution >= 4 is 28.1 Å². The second kappa shape index (κ2) is 8.46. The first-order valence-electron chi connectivity index (χ1n) is 10.7. The van der Waals surface area contributed by atoms with Gasteiger partial charge in [0.1, 0.15) is 0 Å². The van der Waals surface area contributed by atoms with E-state index in [1.807, 2.05) is 25.1 Å². The van der Waals surface area contributed by atoms with E-state index in [0.29, 0.717) is 28.4 Å². The maximum Gasteiger partial charge on any atom is 0.257 e. The molecule has 0 bridgehead atoms. The van der Waals surface area contributed by atoms with Crippen LogP contribution < -0.4 is 5.32 Å². The molecule has 4 aromatic rings. The third-order valence-corrected chi connectivity index (χ3v) is 5.60. The summed E-state index contributed by atoms with van der Waals surface area (Å²) in [7, 11) is 0. The van der Waals surface area contributed by atoms with Crippen LogP contribution in [0.3, 0.4) is 0 Å². The number of benzene rings is 1. The first kappa shape index (κ1) is 21.0. The summed E-state index contributed by atoms with van der Waals surface area (Å²) in [5, 5.41) is 3.78. The van der Waals surface area contributed by atoms with Gasteiger partial charge in [-0.15, -0.1) is 0 Å². The molecule has 0 spiro atoms. The maximum absolute atomic E-state index is 14.4. The number of aromatic nitrogens is 3. The van der Waals surface area contributed by atoms with E-state index in [1.165, 1.54) is 6.07 Å². The lowest BCUT2D eigenvalue weighted by molar-refractivity contribution is 0.102. The number of nitrogens with zero attached hydrogens (tertiary/aromatic N) is 3. The first-order valence-corrected chi connectivity index (χ1v) is 10.7. The quantitative estimate of drug-likeness (QED) is 0.426. The van der Waals surface area contributed by atoms with Gasteiger partial charge in [0, 0.05) is 29.5 Å². The number of pyridine rings is 2. The van der Waals surface area contributed by atoms with Crippen molar-refractivity contribution in [2.75, 3.05) is 5.32 Å².